The van der Waals surface area contributed by atoms with E-state index in [1.807, 2.05) is 24.3 Å². The van der Waals surface area contributed by atoms with Gasteiger partial charge in [0.05, 0.1) is 10.4 Å². The first-order chi connectivity index (χ1) is 7.84. The summed E-state index contributed by atoms with van der Waals surface area (Å²) >= 11 is 0. The average Bonchev–Trinajstić information content (AvgIpc) is 2.26. The number of hydrogen-bond donors (Lipinski definition) is 0. The molecule has 0 amide bonds. The molecule has 0 atom stereocenters. The Labute approximate surface area is 104 Å². The quantitative estimate of drug-likeness (QED) is 0.771. The average molecular weight is 253 g/mol. The summed E-state index contributed by atoms with van der Waals surface area (Å²) in [5.41, 5.74) is 1.99. The fraction of sp³-hybridized carbons (Fsp3) is 0.538. The molecule has 1 heterocycles. The van der Waals surface area contributed by atoms with E-state index in [0.29, 0.717) is 6.54 Å². The third kappa shape index (κ3) is 2.06. The molecule has 94 valence electrons. The van der Waals surface area contributed by atoms with E-state index in [1.165, 1.54) is 0 Å². The highest BCUT2D eigenvalue weighted by Crippen LogP contribution is 2.33. The first kappa shape index (κ1) is 12.4. The lowest BCUT2D eigenvalue weighted by Gasteiger charge is -2.35. The molecule has 4 heteroatoms. The van der Waals surface area contributed by atoms with Crippen molar-refractivity contribution in [3.05, 3.63) is 29.8 Å². The Morgan fingerprint density at radius 1 is 1.18 bits per heavy atom. The van der Waals surface area contributed by atoms with Gasteiger partial charge in [0.1, 0.15) is 0 Å². The number of hydrogen-bond acceptors (Lipinski definition) is 2. The smallest absolute Gasteiger partial charge is 0.240 e. The second-order valence-corrected chi connectivity index (χ2v) is 8.04. The molecule has 1 aliphatic heterocycles. The van der Waals surface area contributed by atoms with Crippen LogP contribution in [0.15, 0.2) is 24.3 Å². The van der Waals surface area contributed by atoms with E-state index in [1.54, 1.807) is 25.1 Å². The Hall–Kier alpha value is -1.03. The van der Waals surface area contributed by atoms with E-state index < -0.39 is 14.8 Å². The molecule has 0 bridgehead atoms. The molecule has 0 spiro atoms. The number of sulfonamides is 1. The van der Waals surface area contributed by atoms with Crippen molar-refractivity contribution in [1.29, 1.82) is 0 Å². The first-order valence-electron chi connectivity index (χ1n) is 5.94. The predicted octanol–water partition coefficient (Wildman–Crippen LogP) is 2.57. The van der Waals surface area contributed by atoms with Crippen LogP contribution in [0.3, 0.4) is 0 Å². The van der Waals surface area contributed by atoms with Crippen molar-refractivity contribution < 1.29 is 8.42 Å². The monoisotopic (exact) mass is 253 g/mol. The number of aryl methyl sites for hydroxylation is 1. The van der Waals surface area contributed by atoms with Crippen LogP contribution in [-0.2, 0) is 16.4 Å². The standard InChI is InChI=1S/C13H19NO2S/c1-13(2,3)17(15,16)14-10-6-8-11-7-4-5-9-12(11)14/h4-5,7,9H,6,8,10H2,1-3H3. The molecule has 2 rings (SSSR count). The van der Waals surface area contributed by atoms with Crippen LogP contribution in [0.4, 0.5) is 5.69 Å². The lowest BCUT2D eigenvalue weighted by atomic mass is 10.0. The largest absolute Gasteiger partial charge is 0.270 e. The van der Waals surface area contributed by atoms with Gasteiger partial charge in [0.25, 0.3) is 0 Å². The highest BCUT2D eigenvalue weighted by molar-refractivity contribution is 7.94. The molecule has 0 aromatic heterocycles. The Bertz CT molecular complexity index is 514. The van der Waals surface area contributed by atoms with Crippen LogP contribution >= 0.6 is 0 Å². The molecule has 1 aromatic rings. The lowest BCUT2D eigenvalue weighted by Crippen LogP contribution is -2.45. The SMILES string of the molecule is CC(C)(C)S(=O)(=O)N1CCCc2ccccc21. The van der Waals surface area contributed by atoms with Gasteiger partial charge in [0.15, 0.2) is 0 Å². The van der Waals surface area contributed by atoms with Gasteiger partial charge < -0.3 is 0 Å². The third-order valence-electron chi connectivity index (χ3n) is 3.13. The molecule has 1 aromatic carbocycles. The molecule has 17 heavy (non-hydrogen) atoms. The van der Waals surface area contributed by atoms with Gasteiger partial charge in [-0.2, -0.15) is 0 Å². The summed E-state index contributed by atoms with van der Waals surface area (Å²) < 4.78 is 25.8. The Balaban J connectivity index is 2.51. The zero-order chi connectivity index (χ0) is 12.7. The minimum atomic E-state index is -3.28. The minimum absolute atomic E-state index is 0.594. The number of fused-ring (bicyclic) bond motifs is 1. The molecule has 0 aliphatic carbocycles. The summed E-state index contributed by atoms with van der Waals surface area (Å²) in [5.74, 6) is 0. The summed E-state index contributed by atoms with van der Waals surface area (Å²) in [6, 6.07) is 7.78. The fourth-order valence-corrected chi connectivity index (χ4v) is 3.55. The van der Waals surface area contributed by atoms with E-state index in [2.05, 4.69) is 0 Å². The molecular formula is C13H19NO2S. The number of benzene rings is 1. The minimum Gasteiger partial charge on any atom is -0.270 e. The Morgan fingerprint density at radius 2 is 1.82 bits per heavy atom. The van der Waals surface area contributed by atoms with Crippen molar-refractivity contribution in [3.63, 3.8) is 0 Å². The topological polar surface area (TPSA) is 37.4 Å². The van der Waals surface area contributed by atoms with Crippen LogP contribution in [0.1, 0.15) is 32.8 Å². The molecule has 0 saturated heterocycles. The first-order valence-corrected chi connectivity index (χ1v) is 7.38. The van der Waals surface area contributed by atoms with E-state index in [4.69, 9.17) is 0 Å². The normalized spacial score (nSPS) is 16.8. The molecule has 1 aliphatic rings. The summed E-state index contributed by atoms with van der Waals surface area (Å²) in [6.45, 7) is 5.84. The zero-order valence-electron chi connectivity index (χ0n) is 10.6. The number of rotatable bonds is 1. The van der Waals surface area contributed by atoms with Crippen molar-refractivity contribution in [2.24, 2.45) is 0 Å². The third-order valence-corrected chi connectivity index (χ3v) is 5.64. The van der Waals surface area contributed by atoms with Gasteiger partial charge in [0.2, 0.25) is 10.0 Å². The summed E-state index contributed by atoms with van der Waals surface area (Å²) in [5, 5.41) is 0. The maximum atomic E-state index is 12.5. The van der Waals surface area contributed by atoms with Crippen molar-refractivity contribution in [1.82, 2.24) is 0 Å². The van der Waals surface area contributed by atoms with Crippen LogP contribution in [-0.4, -0.2) is 19.7 Å². The Kier molecular flexibility index (Phi) is 2.94. The van der Waals surface area contributed by atoms with Crippen LogP contribution in [0, 0.1) is 0 Å². The van der Waals surface area contributed by atoms with Gasteiger partial charge in [-0.1, -0.05) is 18.2 Å². The maximum Gasteiger partial charge on any atom is 0.240 e. The van der Waals surface area contributed by atoms with Crippen molar-refractivity contribution in [3.8, 4) is 0 Å². The van der Waals surface area contributed by atoms with Crippen LogP contribution in [0.5, 0.6) is 0 Å². The highest BCUT2D eigenvalue weighted by atomic mass is 32.2. The van der Waals surface area contributed by atoms with Gasteiger partial charge in [-0.05, 0) is 45.2 Å². The van der Waals surface area contributed by atoms with Crippen molar-refractivity contribution in [2.75, 3.05) is 10.8 Å². The van der Waals surface area contributed by atoms with Gasteiger partial charge >= 0.3 is 0 Å². The molecule has 0 saturated carbocycles. The predicted molar refractivity (Wildman–Crippen MR) is 70.8 cm³/mol. The van der Waals surface area contributed by atoms with Gasteiger partial charge in [-0.3, -0.25) is 4.31 Å². The second kappa shape index (κ2) is 4.02. The maximum absolute atomic E-state index is 12.5. The molecule has 3 nitrogen and oxygen atoms in total. The zero-order valence-corrected chi connectivity index (χ0v) is 11.4. The summed E-state index contributed by atoms with van der Waals surface area (Å²) in [4.78, 5) is 0. The summed E-state index contributed by atoms with van der Waals surface area (Å²) in [6.07, 6.45) is 1.86. The molecular weight excluding hydrogens is 234 g/mol. The lowest BCUT2D eigenvalue weighted by molar-refractivity contribution is 0.551. The number of anilines is 1. The van der Waals surface area contributed by atoms with E-state index in [9.17, 15) is 8.42 Å². The van der Waals surface area contributed by atoms with Crippen LogP contribution < -0.4 is 4.31 Å². The Morgan fingerprint density at radius 3 is 2.47 bits per heavy atom. The number of para-hydroxylation sites is 1. The molecule has 0 fully saturated rings. The highest BCUT2D eigenvalue weighted by Gasteiger charge is 2.37. The molecule has 0 radical (unpaired) electrons. The van der Waals surface area contributed by atoms with Gasteiger partial charge in [0, 0.05) is 6.54 Å². The van der Waals surface area contributed by atoms with E-state index in [0.717, 1.165) is 24.1 Å². The number of nitrogens with zero attached hydrogens (tertiary/aromatic N) is 1. The van der Waals surface area contributed by atoms with Gasteiger partial charge in [-0.15, -0.1) is 0 Å². The fourth-order valence-electron chi connectivity index (χ4n) is 2.08. The molecule has 0 unspecified atom stereocenters. The van der Waals surface area contributed by atoms with E-state index >= 15 is 0 Å². The van der Waals surface area contributed by atoms with Crippen molar-refractivity contribution in [2.45, 2.75) is 38.4 Å². The van der Waals surface area contributed by atoms with Gasteiger partial charge in [-0.25, -0.2) is 8.42 Å². The molecule has 0 N–H and O–H groups in total. The summed E-state index contributed by atoms with van der Waals surface area (Å²) in [7, 11) is -3.28. The van der Waals surface area contributed by atoms with E-state index in [-0.39, 0.29) is 0 Å². The van der Waals surface area contributed by atoms with Crippen LogP contribution in [0.25, 0.3) is 0 Å². The van der Waals surface area contributed by atoms with Crippen LogP contribution in [0.2, 0.25) is 0 Å². The van der Waals surface area contributed by atoms with Crippen molar-refractivity contribution >= 4 is 15.7 Å². The second-order valence-electron chi connectivity index (χ2n) is 5.42.